The lowest BCUT2D eigenvalue weighted by Crippen LogP contribution is -2.41. The summed E-state index contributed by atoms with van der Waals surface area (Å²) in [7, 11) is -0.413. The smallest absolute Gasteiger partial charge is 0.399 e. The molecule has 0 saturated carbocycles. The van der Waals surface area contributed by atoms with Crippen molar-refractivity contribution in [1.29, 1.82) is 0 Å². The molecule has 0 N–H and O–H groups in total. The minimum Gasteiger partial charge on any atom is -0.399 e. The number of rotatable bonds is 4. The maximum absolute atomic E-state index is 6.06. The van der Waals surface area contributed by atoms with Gasteiger partial charge in [-0.3, -0.25) is 0 Å². The van der Waals surface area contributed by atoms with E-state index in [1.807, 2.05) is 52.8 Å². The van der Waals surface area contributed by atoms with Crippen LogP contribution in [-0.4, -0.2) is 18.3 Å². The Morgan fingerprint density at radius 3 is 1.77 bits per heavy atom. The molecule has 0 aliphatic carbocycles. The standard InChI is InChI=1S/C19H31BO2/c1-11-16(13-12-14(2)17(4,5)6)15(3)20-21-18(7,8)19(9,10)22-20/h11-13H,2-3H2,1,4-10H3. The molecule has 3 heteroatoms. The molecule has 122 valence electrons. The van der Waals surface area contributed by atoms with E-state index in [4.69, 9.17) is 9.31 Å². The zero-order valence-corrected chi connectivity index (χ0v) is 15.5. The van der Waals surface area contributed by atoms with Gasteiger partial charge in [-0.25, -0.2) is 0 Å². The third kappa shape index (κ3) is 4.02. The monoisotopic (exact) mass is 302 g/mol. The van der Waals surface area contributed by atoms with Crippen molar-refractivity contribution in [3.05, 3.63) is 48.0 Å². The van der Waals surface area contributed by atoms with Gasteiger partial charge in [0.05, 0.1) is 11.2 Å². The number of hydrogen-bond acceptors (Lipinski definition) is 2. The highest BCUT2D eigenvalue weighted by molar-refractivity contribution is 6.56. The molecule has 1 saturated heterocycles. The predicted octanol–water partition coefficient (Wildman–Crippen LogP) is 5.28. The van der Waals surface area contributed by atoms with E-state index in [0.29, 0.717) is 0 Å². The Morgan fingerprint density at radius 2 is 1.41 bits per heavy atom. The van der Waals surface area contributed by atoms with Gasteiger partial charge in [-0.05, 0) is 56.7 Å². The quantitative estimate of drug-likeness (QED) is 0.519. The lowest BCUT2D eigenvalue weighted by atomic mass is 9.74. The van der Waals surface area contributed by atoms with Gasteiger partial charge >= 0.3 is 7.12 Å². The highest BCUT2D eigenvalue weighted by atomic mass is 16.7. The average Bonchev–Trinajstić information content (AvgIpc) is 2.57. The summed E-state index contributed by atoms with van der Waals surface area (Å²) in [5.74, 6) is 0. The predicted molar refractivity (Wildman–Crippen MR) is 96.7 cm³/mol. The lowest BCUT2D eigenvalue weighted by Gasteiger charge is -2.32. The molecule has 0 spiro atoms. The molecule has 2 nitrogen and oxygen atoms in total. The van der Waals surface area contributed by atoms with Gasteiger partial charge in [0, 0.05) is 0 Å². The summed E-state index contributed by atoms with van der Waals surface area (Å²) in [5, 5.41) is 0. The zero-order chi connectivity index (χ0) is 17.3. The van der Waals surface area contributed by atoms with Crippen LogP contribution in [0.3, 0.4) is 0 Å². The summed E-state index contributed by atoms with van der Waals surface area (Å²) in [6.45, 7) is 25.0. The lowest BCUT2D eigenvalue weighted by molar-refractivity contribution is 0.00578. The largest absolute Gasteiger partial charge is 0.494 e. The van der Waals surface area contributed by atoms with E-state index in [1.54, 1.807) is 0 Å². The van der Waals surface area contributed by atoms with Crippen LogP contribution in [0.1, 0.15) is 55.4 Å². The third-order valence-electron chi connectivity index (χ3n) is 4.65. The summed E-state index contributed by atoms with van der Waals surface area (Å²) in [6, 6.07) is 0. The van der Waals surface area contributed by atoms with E-state index < -0.39 is 7.12 Å². The van der Waals surface area contributed by atoms with Gasteiger partial charge in [0.15, 0.2) is 0 Å². The van der Waals surface area contributed by atoms with Crippen LogP contribution in [-0.2, 0) is 9.31 Å². The van der Waals surface area contributed by atoms with Gasteiger partial charge in [-0.15, -0.1) is 0 Å². The molecule has 0 aromatic carbocycles. The van der Waals surface area contributed by atoms with Crippen LogP contribution in [0.25, 0.3) is 0 Å². The maximum atomic E-state index is 6.06. The number of allylic oxidation sites excluding steroid dienone is 6. The summed E-state index contributed by atoms with van der Waals surface area (Å²) in [5.41, 5.74) is 2.30. The van der Waals surface area contributed by atoms with Crippen molar-refractivity contribution in [3.63, 3.8) is 0 Å². The fourth-order valence-corrected chi connectivity index (χ4v) is 1.95. The van der Waals surface area contributed by atoms with E-state index in [0.717, 1.165) is 16.6 Å². The van der Waals surface area contributed by atoms with Crippen LogP contribution in [0.2, 0.25) is 0 Å². The fourth-order valence-electron chi connectivity index (χ4n) is 1.95. The van der Waals surface area contributed by atoms with Crippen molar-refractivity contribution in [2.24, 2.45) is 5.41 Å². The van der Waals surface area contributed by atoms with Crippen molar-refractivity contribution in [2.45, 2.75) is 66.6 Å². The molecule has 1 aliphatic heterocycles. The van der Waals surface area contributed by atoms with E-state index in [2.05, 4.69) is 33.9 Å². The zero-order valence-electron chi connectivity index (χ0n) is 15.5. The first kappa shape index (κ1) is 19.0. The first-order valence-corrected chi connectivity index (χ1v) is 7.90. The first-order chi connectivity index (χ1) is 9.82. The molecule has 0 unspecified atom stereocenters. The van der Waals surface area contributed by atoms with E-state index in [1.165, 1.54) is 0 Å². The molecule has 22 heavy (non-hydrogen) atoms. The summed E-state index contributed by atoms with van der Waals surface area (Å²) >= 11 is 0. The molecule has 0 aromatic heterocycles. The Bertz CT molecular complexity index is 500. The van der Waals surface area contributed by atoms with Gasteiger partial charge in [-0.1, -0.05) is 52.2 Å². The summed E-state index contributed by atoms with van der Waals surface area (Å²) in [4.78, 5) is 0. The normalized spacial score (nSPS) is 21.5. The second-order valence-electron chi connectivity index (χ2n) is 7.97. The minimum atomic E-state index is -0.413. The molecule has 0 atom stereocenters. The van der Waals surface area contributed by atoms with Crippen molar-refractivity contribution in [2.75, 3.05) is 0 Å². The molecular formula is C19H31BO2. The first-order valence-electron chi connectivity index (χ1n) is 7.90. The maximum Gasteiger partial charge on any atom is 0.494 e. The molecule has 1 rings (SSSR count). The van der Waals surface area contributed by atoms with Crippen LogP contribution >= 0.6 is 0 Å². The molecule has 0 radical (unpaired) electrons. The topological polar surface area (TPSA) is 18.5 Å². The van der Waals surface area contributed by atoms with Gasteiger partial charge < -0.3 is 9.31 Å². The second kappa shape index (κ2) is 6.21. The second-order valence-corrected chi connectivity index (χ2v) is 7.97. The molecule has 1 heterocycles. The SMILES string of the molecule is C=C(B1OC(C)(C)C(C)(C)O1)C(C=CC(=C)C(C)(C)C)=CC. The fraction of sp³-hybridized carbons (Fsp3) is 0.579. The molecule has 0 aromatic rings. The highest BCUT2D eigenvalue weighted by Gasteiger charge is 2.52. The Labute approximate surface area is 137 Å². The highest BCUT2D eigenvalue weighted by Crippen LogP contribution is 2.39. The average molecular weight is 302 g/mol. The Balaban J connectivity index is 2.89. The van der Waals surface area contributed by atoms with Crippen LogP contribution in [0.4, 0.5) is 0 Å². The van der Waals surface area contributed by atoms with Crippen molar-refractivity contribution < 1.29 is 9.31 Å². The van der Waals surface area contributed by atoms with Crippen molar-refractivity contribution in [1.82, 2.24) is 0 Å². The van der Waals surface area contributed by atoms with E-state index in [9.17, 15) is 0 Å². The number of hydrogen-bond donors (Lipinski definition) is 0. The van der Waals surface area contributed by atoms with Gasteiger partial charge in [0.1, 0.15) is 0 Å². The van der Waals surface area contributed by atoms with Gasteiger partial charge in [0.25, 0.3) is 0 Å². The Morgan fingerprint density at radius 1 is 0.955 bits per heavy atom. The molecular weight excluding hydrogens is 271 g/mol. The van der Waals surface area contributed by atoms with E-state index >= 15 is 0 Å². The molecule has 1 fully saturated rings. The van der Waals surface area contributed by atoms with Crippen LogP contribution < -0.4 is 0 Å². The van der Waals surface area contributed by atoms with Crippen molar-refractivity contribution >= 4 is 7.12 Å². The van der Waals surface area contributed by atoms with E-state index in [-0.39, 0.29) is 16.6 Å². The molecule has 0 bridgehead atoms. The minimum absolute atomic E-state index is 0.0566. The summed E-state index contributed by atoms with van der Waals surface area (Å²) < 4.78 is 12.1. The van der Waals surface area contributed by atoms with Crippen LogP contribution in [0.15, 0.2) is 48.0 Å². The van der Waals surface area contributed by atoms with Gasteiger partial charge in [0.2, 0.25) is 0 Å². The Hall–Kier alpha value is -1.06. The third-order valence-corrected chi connectivity index (χ3v) is 4.65. The molecule has 1 aliphatic rings. The van der Waals surface area contributed by atoms with Crippen LogP contribution in [0.5, 0.6) is 0 Å². The summed E-state index contributed by atoms with van der Waals surface area (Å²) in [6.07, 6.45) is 6.12. The van der Waals surface area contributed by atoms with Crippen LogP contribution in [0, 0.1) is 5.41 Å². The Kier molecular flexibility index (Phi) is 5.36. The van der Waals surface area contributed by atoms with Gasteiger partial charge in [-0.2, -0.15) is 0 Å². The molecule has 0 amide bonds. The van der Waals surface area contributed by atoms with Crippen molar-refractivity contribution in [3.8, 4) is 0 Å².